The molecule has 39 heavy (non-hydrogen) atoms. The van der Waals surface area contributed by atoms with Gasteiger partial charge in [-0.05, 0) is 79.2 Å². The molecule has 1 aromatic heterocycles. The second kappa shape index (κ2) is 11.9. The van der Waals surface area contributed by atoms with Crippen LogP contribution in [0.2, 0.25) is 0 Å². The lowest BCUT2D eigenvalue weighted by Crippen LogP contribution is -2.36. The van der Waals surface area contributed by atoms with E-state index in [1.165, 1.54) is 40.9 Å². The van der Waals surface area contributed by atoms with Crippen LogP contribution in [0.1, 0.15) is 41.4 Å². The smallest absolute Gasteiger partial charge is 0.118 e. The monoisotopic (exact) mass is 515 g/mol. The van der Waals surface area contributed by atoms with Crippen molar-refractivity contribution in [3.05, 3.63) is 132 Å². The number of ether oxygens (including phenoxy) is 1. The van der Waals surface area contributed by atoms with Crippen molar-refractivity contribution in [2.75, 3.05) is 26.7 Å². The number of rotatable bonds is 9. The third-order valence-electron chi connectivity index (χ3n) is 8.21. The Bertz CT molecular complexity index is 1430. The number of imidazole rings is 1. The number of aromatic nitrogens is 2. The lowest BCUT2D eigenvalue weighted by Gasteiger charge is -2.32. The zero-order valence-corrected chi connectivity index (χ0v) is 22.7. The van der Waals surface area contributed by atoms with Gasteiger partial charge in [-0.1, -0.05) is 84.9 Å². The van der Waals surface area contributed by atoms with Crippen molar-refractivity contribution in [3.8, 4) is 5.75 Å². The Hall–Kier alpha value is -3.89. The summed E-state index contributed by atoms with van der Waals surface area (Å²) >= 11 is 0. The molecule has 0 amide bonds. The molecule has 1 aliphatic rings. The van der Waals surface area contributed by atoms with Crippen molar-refractivity contribution < 1.29 is 4.74 Å². The van der Waals surface area contributed by atoms with Crippen molar-refractivity contribution >= 4 is 11.0 Å². The van der Waals surface area contributed by atoms with Crippen molar-refractivity contribution in [1.29, 1.82) is 0 Å². The van der Waals surface area contributed by atoms with Gasteiger partial charge in [-0.2, -0.15) is 0 Å². The first-order valence-electron chi connectivity index (χ1n) is 14.2. The van der Waals surface area contributed by atoms with Crippen LogP contribution in [-0.2, 0) is 12.8 Å². The largest absolute Gasteiger partial charge is 0.497 e. The molecule has 0 saturated carbocycles. The second-order valence-electron chi connectivity index (χ2n) is 10.7. The maximum absolute atomic E-state index is 5.30. The maximum atomic E-state index is 5.30. The fraction of sp³-hybridized carbons (Fsp3) is 0.286. The van der Waals surface area contributed by atoms with Crippen molar-refractivity contribution in [2.24, 2.45) is 5.92 Å². The van der Waals surface area contributed by atoms with Crippen LogP contribution in [-0.4, -0.2) is 41.2 Å². The fourth-order valence-corrected chi connectivity index (χ4v) is 6.04. The summed E-state index contributed by atoms with van der Waals surface area (Å²) in [7, 11) is 1.72. The average molecular weight is 516 g/mol. The highest BCUT2D eigenvalue weighted by Crippen LogP contribution is 2.34. The van der Waals surface area contributed by atoms with Crippen LogP contribution in [0.25, 0.3) is 11.0 Å². The fourth-order valence-electron chi connectivity index (χ4n) is 6.04. The van der Waals surface area contributed by atoms with Crippen LogP contribution < -0.4 is 4.74 Å². The number of para-hydroxylation sites is 2. The molecule has 0 aliphatic carbocycles. The van der Waals surface area contributed by atoms with Gasteiger partial charge >= 0.3 is 0 Å². The van der Waals surface area contributed by atoms with Gasteiger partial charge in [-0.15, -0.1) is 0 Å². The number of fused-ring (bicyclic) bond motifs is 1. The number of likely N-dealkylation sites (tertiary alicyclic amines) is 1. The zero-order valence-electron chi connectivity index (χ0n) is 22.7. The molecule has 0 unspecified atom stereocenters. The lowest BCUT2D eigenvalue weighted by molar-refractivity contribution is 0.184. The molecule has 0 N–H and O–H groups in total. The van der Waals surface area contributed by atoms with E-state index in [4.69, 9.17) is 9.72 Å². The summed E-state index contributed by atoms with van der Waals surface area (Å²) in [6, 6.07) is 39.0. The van der Waals surface area contributed by atoms with Crippen LogP contribution in [0.15, 0.2) is 109 Å². The SMILES string of the molecule is COc1ccc(CCN2CCC(Cc3nc4ccccc4n3C(c3ccccc3)c3ccccc3)CC2)cc1. The molecule has 6 rings (SSSR count). The molecule has 0 atom stereocenters. The van der Waals surface area contributed by atoms with Crippen LogP contribution in [0, 0.1) is 5.92 Å². The summed E-state index contributed by atoms with van der Waals surface area (Å²) in [5, 5.41) is 0. The number of benzene rings is 4. The molecule has 1 aliphatic heterocycles. The first kappa shape index (κ1) is 25.4. The van der Waals surface area contributed by atoms with E-state index < -0.39 is 0 Å². The van der Waals surface area contributed by atoms with E-state index >= 15 is 0 Å². The molecule has 0 bridgehead atoms. The van der Waals surface area contributed by atoms with Crippen molar-refractivity contribution in [1.82, 2.24) is 14.5 Å². The molecule has 4 heteroatoms. The van der Waals surface area contributed by atoms with Gasteiger partial charge in [0.25, 0.3) is 0 Å². The Morgan fingerprint density at radius 2 is 1.38 bits per heavy atom. The van der Waals surface area contributed by atoms with Crippen molar-refractivity contribution in [2.45, 2.75) is 31.7 Å². The Balaban J connectivity index is 1.21. The zero-order chi connectivity index (χ0) is 26.4. The topological polar surface area (TPSA) is 30.3 Å². The van der Waals surface area contributed by atoms with Gasteiger partial charge in [0.15, 0.2) is 0 Å². The Labute approximate surface area is 231 Å². The molecule has 2 heterocycles. The van der Waals surface area contributed by atoms with Crippen molar-refractivity contribution in [3.63, 3.8) is 0 Å². The third-order valence-corrected chi connectivity index (χ3v) is 8.21. The molecule has 5 aromatic rings. The van der Waals surface area contributed by atoms with E-state index in [1.54, 1.807) is 7.11 Å². The first-order chi connectivity index (χ1) is 19.3. The molecule has 198 valence electrons. The highest BCUT2D eigenvalue weighted by Gasteiger charge is 2.26. The molecular weight excluding hydrogens is 478 g/mol. The van der Waals surface area contributed by atoms with Gasteiger partial charge < -0.3 is 14.2 Å². The Morgan fingerprint density at radius 3 is 2.03 bits per heavy atom. The lowest BCUT2D eigenvalue weighted by atomic mass is 9.92. The first-order valence-corrected chi connectivity index (χ1v) is 14.2. The third kappa shape index (κ3) is 5.76. The van der Waals surface area contributed by atoms with Gasteiger partial charge in [-0.3, -0.25) is 0 Å². The standard InChI is InChI=1S/C35H37N3O/c1-39-31-18-16-27(17-19-31)20-23-37-24-21-28(22-25-37)26-34-36-32-14-8-9-15-33(32)38(34)35(29-10-4-2-5-11-29)30-12-6-3-7-13-30/h2-19,28,35H,20-26H2,1H3. The van der Waals surface area contributed by atoms with Crippen LogP contribution >= 0.6 is 0 Å². The molecule has 0 radical (unpaired) electrons. The number of piperidine rings is 1. The van der Waals surface area contributed by atoms with E-state index in [0.29, 0.717) is 5.92 Å². The molecule has 0 spiro atoms. The highest BCUT2D eigenvalue weighted by atomic mass is 16.5. The minimum atomic E-state index is 0.0967. The number of hydrogen-bond donors (Lipinski definition) is 0. The summed E-state index contributed by atoms with van der Waals surface area (Å²) in [5.74, 6) is 2.77. The average Bonchev–Trinajstić information content (AvgIpc) is 3.36. The number of hydrogen-bond acceptors (Lipinski definition) is 3. The van der Waals surface area contributed by atoms with E-state index in [9.17, 15) is 0 Å². The van der Waals surface area contributed by atoms with Crippen LogP contribution in [0.3, 0.4) is 0 Å². The van der Waals surface area contributed by atoms with E-state index in [0.717, 1.165) is 43.7 Å². The van der Waals surface area contributed by atoms with Gasteiger partial charge in [0, 0.05) is 13.0 Å². The molecule has 1 saturated heterocycles. The summed E-state index contributed by atoms with van der Waals surface area (Å²) in [6.45, 7) is 3.42. The minimum Gasteiger partial charge on any atom is -0.497 e. The van der Waals surface area contributed by atoms with Crippen LogP contribution in [0.4, 0.5) is 0 Å². The predicted molar refractivity (Wildman–Crippen MR) is 159 cm³/mol. The highest BCUT2D eigenvalue weighted by molar-refractivity contribution is 5.76. The van der Waals surface area contributed by atoms with E-state index in [2.05, 4.69) is 119 Å². The number of nitrogens with zero attached hydrogens (tertiary/aromatic N) is 3. The molecule has 1 fully saturated rings. The maximum Gasteiger partial charge on any atom is 0.118 e. The summed E-state index contributed by atoms with van der Waals surface area (Å²) in [4.78, 5) is 7.85. The quantitative estimate of drug-likeness (QED) is 0.208. The van der Waals surface area contributed by atoms with E-state index in [1.807, 2.05) is 0 Å². The molecule has 4 nitrogen and oxygen atoms in total. The van der Waals surface area contributed by atoms with Gasteiger partial charge in [0.05, 0.1) is 24.2 Å². The Kier molecular flexibility index (Phi) is 7.73. The summed E-state index contributed by atoms with van der Waals surface area (Å²) in [5.41, 5.74) is 6.26. The number of methoxy groups -OCH3 is 1. The Morgan fingerprint density at radius 1 is 0.769 bits per heavy atom. The minimum absolute atomic E-state index is 0.0967. The summed E-state index contributed by atoms with van der Waals surface area (Å²) in [6.07, 6.45) is 4.53. The predicted octanol–water partition coefficient (Wildman–Crippen LogP) is 7.18. The summed E-state index contributed by atoms with van der Waals surface area (Å²) < 4.78 is 7.81. The van der Waals surface area contributed by atoms with Gasteiger partial charge in [0.2, 0.25) is 0 Å². The van der Waals surface area contributed by atoms with E-state index in [-0.39, 0.29) is 6.04 Å². The normalized spacial score (nSPS) is 14.7. The van der Waals surface area contributed by atoms with Gasteiger partial charge in [-0.25, -0.2) is 4.98 Å². The van der Waals surface area contributed by atoms with Gasteiger partial charge in [0.1, 0.15) is 11.6 Å². The second-order valence-corrected chi connectivity index (χ2v) is 10.7. The molecule has 4 aromatic carbocycles. The van der Waals surface area contributed by atoms with Crippen LogP contribution in [0.5, 0.6) is 5.75 Å². The molecular formula is C35H37N3O.